The molecule has 1 aliphatic heterocycles. The predicted octanol–water partition coefficient (Wildman–Crippen LogP) is 9.10. The number of halogens is 4. The highest BCUT2D eigenvalue weighted by molar-refractivity contribution is 7.98. The Balaban J connectivity index is 1.95. The minimum Gasteiger partial charge on any atom is -0.315 e. The molecule has 1 heterocycles. The van der Waals surface area contributed by atoms with E-state index in [1.807, 2.05) is 45.2 Å². The van der Waals surface area contributed by atoms with E-state index in [0.717, 1.165) is 11.0 Å². The highest BCUT2D eigenvalue weighted by Gasteiger charge is 2.60. The molecule has 1 saturated heterocycles. The molecule has 0 saturated carbocycles. The summed E-state index contributed by atoms with van der Waals surface area (Å²) >= 11 is 13.8. The molecule has 204 valence electrons. The molecule has 0 spiro atoms. The number of thioether (sulfide) groups is 1. The Morgan fingerprint density at radius 3 is 2.51 bits per heavy atom. The van der Waals surface area contributed by atoms with Crippen LogP contribution in [0.3, 0.4) is 0 Å². The smallest absolute Gasteiger partial charge is 0.315 e. The molecule has 9 heteroatoms. The minimum atomic E-state index is -1.63. The lowest BCUT2D eigenvalue weighted by Crippen LogP contribution is -2.42. The van der Waals surface area contributed by atoms with Gasteiger partial charge in [0.2, 0.25) is 0 Å². The number of hydrogen-bond acceptors (Lipinski definition) is 3. The molecular weight excluding hydrogens is 559 g/mol. The van der Waals surface area contributed by atoms with E-state index in [4.69, 9.17) is 23.2 Å². The van der Waals surface area contributed by atoms with Gasteiger partial charge < -0.3 is 10.2 Å². The second-order valence-electron chi connectivity index (χ2n) is 10.9. The van der Waals surface area contributed by atoms with E-state index in [0.29, 0.717) is 12.1 Å². The zero-order valence-corrected chi connectivity index (χ0v) is 24.4. The van der Waals surface area contributed by atoms with Gasteiger partial charge in [-0.2, -0.15) is 5.26 Å². The van der Waals surface area contributed by atoms with E-state index >= 15 is 8.78 Å². The van der Waals surface area contributed by atoms with Crippen LogP contribution in [-0.4, -0.2) is 23.7 Å². The fraction of sp³-hybridized carbons (Fsp3) is 0.333. The summed E-state index contributed by atoms with van der Waals surface area (Å²) in [5.74, 6) is -1.98. The van der Waals surface area contributed by atoms with Crippen molar-refractivity contribution >= 4 is 46.7 Å². The lowest BCUT2D eigenvalue weighted by atomic mass is 9.63. The predicted molar refractivity (Wildman–Crippen MR) is 154 cm³/mol. The van der Waals surface area contributed by atoms with Crippen molar-refractivity contribution in [1.29, 1.82) is 5.26 Å². The molecule has 39 heavy (non-hydrogen) atoms. The van der Waals surface area contributed by atoms with Crippen LogP contribution in [0.25, 0.3) is 0 Å². The second-order valence-corrected chi connectivity index (χ2v) is 12.7. The summed E-state index contributed by atoms with van der Waals surface area (Å²) in [5.41, 5.74) is -1.26. The summed E-state index contributed by atoms with van der Waals surface area (Å²) in [6.07, 6.45) is 2.39. The van der Waals surface area contributed by atoms with Crippen LogP contribution >= 0.6 is 35.0 Å². The average molecular weight is 589 g/mol. The third kappa shape index (κ3) is 5.75. The molecule has 1 fully saturated rings. The minimum absolute atomic E-state index is 0.0443. The van der Waals surface area contributed by atoms with Crippen LogP contribution < -0.4 is 5.32 Å². The molecular formula is C30H29Cl2F2N3OS. The van der Waals surface area contributed by atoms with Crippen molar-refractivity contribution in [2.45, 2.75) is 43.5 Å². The number of nitriles is 1. The largest absolute Gasteiger partial charge is 0.322 e. The fourth-order valence-electron chi connectivity index (χ4n) is 5.57. The number of carbonyl (C=O) groups excluding carboxylic acids is 1. The molecule has 2 amide bonds. The number of likely N-dealkylation sites (tertiary alicyclic amines) is 1. The highest BCUT2D eigenvalue weighted by Crippen LogP contribution is 2.56. The summed E-state index contributed by atoms with van der Waals surface area (Å²) in [5, 5.41) is 13.8. The molecule has 4 rings (SSSR count). The van der Waals surface area contributed by atoms with Crippen molar-refractivity contribution in [2.24, 2.45) is 11.3 Å². The molecule has 0 aliphatic carbocycles. The average Bonchev–Trinajstić information content (AvgIpc) is 3.18. The lowest BCUT2D eigenvalue weighted by molar-refractivity contribution is 0.198. The third-order valence-electron chi connectivity index (χ3n) is 7.08. The summed E-state index contributed by atoms with van der Waals surface area (Å²) in [6.45, 7) is 6.13. The van der Waals surface area contributed by atoms with Crippen LogP contribution in [0.5, 0.6) is 0 Å². The van der Waals surface area contributed by atoms with Crippen LogP contribution in [0.15, 0.2) is 65.6 Å². The van der Waals surface area contributed by atoms with E-state index in [9.17, 15) is 10.1 Å². The molecule has 3 aromatic carbocycles. The number of nitrogens with one attached hydrogen (secondary N) is 1. The Morgan fingerprint density at radius 1 is 1.15 bits per heavy atom. The van der Waals surface area contributed by atoms with Gasteiger partial charge in [-0.3, -0.25) is 0 Å². The number of amides is 2. The first kappa shape index (κ1) is 29.2. The highest BCUT2D eigenvalue weighted by atomic mass is 35.5. The van der Waals surface area contributed by atoms with Crippen molar-refractivity contribution in [1.82, 2.24) is 4.90 Å². The number of hydrogen-bond donors (Lipinski definition) is 1. The SMILES string of the molecule is CSc1cccc(NC(=O)N2C[C@@H](CC(C)(C)C)[C@](C#N)(c3ccc(Cl)cc3F)[C@H]2c2cccc(Cl)c2F)c1. The quantitative estimate of drug-likeness (QED) is 0.303. The van der Waals surface area contributed by atoms with Crippen LogP contribution in [0.2, 0.25) is 10.0 Å². The Kier molecular flexibility index (Phi) is 8.51. The number of nitrogens with zero attached hydrogens (tertiary/aromatic N) is 2. The summed E-state index contributed by atoms with van der Waals surface area (Å²) in [6, 6.07) is 16.6. The van der Waals surface area contributed by atoms with E-state index in [1.165, 1.54) is 40.9 Å². The maximum Gasteiger partial charge on any atom is 0.322 e. The standard InChI is InChI=1S/C30H29Cl2F2N3OS/c1-29(2,3)15-18-16-37(28(38)36-20-7-5-8-21(14-20)39-4)27(22-9-6-10-24(32)26(22)34)30(18,17-35)23-12-11-19(31)13-25(23)33/h5-14,18,27H,15-16H2,1-4H3,(H,36,38)/t18-,27-,30-/m1/s1. The van der Waals surface area contributed by atoms with Crippen molar-refractivity contribution in [3.63, 3.8) is 0 Å². The third-order valence-corrected chi connectivity index (χ3v) is 8.33. The van der Waals surface area contributed by atoms with Gasteiger partial charge in [-0.25, -0.2) is 13.6 Å². The van der Waals surface area contributed by atoms with Gasteiger partial charge in [-0.15, -0.1) is 11.8 Å². The first-order valence-electron chi connectivity index (χ1n) is 12.4. The fourth-order valence-corrected chi connectivity index (χ4v) is 6.37. The monoisotopic (exact) mass is 587 g/mol. The number of anilines is 1. The maximum absolute atomic E-state index is 15.7. The molecule has 1 aliphatic rings. The van der Waals surface area contributed by atoms with Gasteiger partial charge in [0.1, 0.15) is 17.0 Å². The molecule has 4 nitrogen and oxygen atoms in total. The van der Waals surface area contributed by atoms with Crippen LogP contribution in [0, 0.1) is 34.3 Å². The van der Waals surface area contributed by atoms with Crippen molar-refractivity contribution in [3.8, 4) is 6.07 Å². The second kappa shape index (κ2) is 11.4. The van der Waals surface area contributed by atoms with Gasteiger partial charge in [-0.05, 0) is 54.5 Å². The first-order valence-corrected chi connectivity index (χ1v) is 14.4. The van der Waals surface area contributed by atoms with Gasteiger partial charge in [0.15, 0.2) is 0 Å². The Labute approximate surface area is 242 Å². The van der Waals surface area contributed by atoms with Crippen molar-refractivity contribution < 1.29 is 13.6 Å². The molecule has 1 N–H and O–H groups in total. The molecule has 3 aromatic rings. The Bertz CT molecular complexity index is 1440. The first-order chi connectivity index (χ1) is 18.4. The molecule has 3 atom stereocenters. The van der Waals surface area contributed by atoms with Gasteiger partial charge in [0.05, 0.1) is 17.1 Å². The van der Waals surface area contributed by atoms with Gasteiger partial charge in [0.25, 0.3) is 0 Å². The topological polar surface area (TPSA) is 56.1 Å². The van der Waals surface area contributed by atoms with Gasteiger partial charge >= 0.3 is 6.03 Å². The van der Waals surface area contributed by atoms with E-state index < -0.39 is 35.0 Å². The molecule has 0 unspecified atom stereocenters. The molecule has 0 bridgehead atoms. The van der Waals surface area contributed by atoms with Crippen LogP contribution in [-0.2, 0) is 5.41 Å². The molecule has 0 aromatic heterocycles. The number of carbonyl (C=O) groups is 1. The van der Waals surface area contributed by atoms with Crippen LogP contribution in [0.1, 0.15) is 44.4 Å². The summed E-state index contributed by atoms with van der Waals surface area (Å²) in [7, 11) is 0. The number of rotatable bonds is 5. The van der Waals surface area contributed by atoms with Crippen molar-refractivity contribution in [2.75, 3.05) is 18.1 Å². The van der Waals surface area contributed by atoms with E-state index in [2.05, 4.69) is 11.4 Å². The summed E-state index contributed by atoms with van der Waals surface area (Å²) in [4.78, 5) is 16.3. The number of benzene rings is 3. The van der Waals surface area contributed by atoms with Gasteiger partial charge in [0, 0.05) is 39.2 Å². The summed E-state index contributed by atoms with van der Waals surface area (Å²) < 4.78 is 31.4. The lowest BCUT2D eigenvalue weighted by Gasteiger charge is -2.38. The number of urea groups is 1. The Morgan fingerprint density at radius 2 is 1.87 bits per heavy atom. The van der Waals surface area contributed by atoms with E-state index in [-0.39, 0.29) is 33.1 Å². The zero-order chi connectivity index (χ0) is 28.5. The van der Waals surface area contributed by atoms with Crippen LogP contribution in [0.4, 0.5) is 19.3 Å². The Hall–Kier alpha value is -2.79. The van der Waals surface area contributed by atoms with Crippen molar-refractivity contribution in [3.05, 3.63) is 93.5 Å². The maximum atomic E-state index is 15.7. The zero-order valence-electron chi connectivity index (χ0n) is 22.1. The van der Waals surface area contributed by atoms with Gasteiger partial charge in [-0.1, -0.05) is 68.2 Å². The van der Waals surface area contributed by atoms with E-state index in [1.54, 1.807) is 12.1 Å². The molecule has 0 radical (unpaired) electrons. The normalized spacial score (nSPS) is 21.1.